The van der Waals surface area contributed by atoms with E-state index in [0.717, 1.165) is 12.1 Å². The number of benzene rings is 1. The number of carbonyl (C=O) groups is 3. The number of aliphatic hydroxyl groups is 9. The molecule has 0 aliphatic carbocycles. The molecule has 648 valence electrons. The van der Waals surface area contributed by atoms with Crippen LogP contribution < -0.4 is 15.4 Å². The Morgan fingerprint density at radius 2 is 0.833 bits per heavy atom. The van der Waals surface area contributed by atoms with Crippen LogP contribution in [-0.4, -0.2) is 366 Å². The molecule has 3 aromatic heterocycles. The van der Waals surface area contributed by atoms with Crippen molar-refractivity contribution in [2.45, 2.75) is 176 Å². The van der Waals surface area contributed by atoms with Gasteiger partial charge in [0.15, 0.2) is 18.9 Å². The number of nitrogens with zero attached hydrogens (tertiary/aromatic N) is 9. The SMILES string of the molecule is CC(=O)N[C@@H]1[C@@H](O)[C@@H](O)[C@@H](COCCc2cn(CCOCCOCCOCC(COCCOCCOCCn3cc(CCCC[C@H]4O[C@@H](O)C[C@@H](O)[C@H]4O)nn3)(COCCOCCOCCn3cc(CCOC[C@H]4O[C@@H](O)C[C@@H](O)[C@H]4O)nn3)NC(=O)CCOCCOCCC(=O)Oc3c(F)c(F)c(F)c(F)c3F)nn2)O[C@H]1O. The Labute approximate surface area is 652 Å². The molecule has 0 saturated carbocycles. The van der Waals surface area contributed by atoms with E-state index in [1.54, 1.807) is 26.4 Å². The zero-order valence-electron chi connectivity index (χ0n) is 63.4. The first-order chi connectivity index (χ1) is 55.0. The van der Waals surface area contributed by atoms with Crippen LogP contribution in [-0.2, 0) is 129 Å². The molecular formula is C69H108F5N11O29. The number of nitrogens with one attached hydrogen (secondary N) is 2. The number of aliphatic hydroxyl groups excluding tert-OH is 9. The fraction of sp³-hybridized carbons (Fsp3) is 0.783. The van der Waals surface area contributed by atoms with Gasteiger partial charge in [0.2, 0.25) is 46.6 Å². The molecule has 0 bridgehead atoms. The topological polar surface area (TPSA) is 506 Å². The summed E-state index contributed by atoms with van der Waals surface area (Å²) < 4.78 is 169. The van der Waals surface area contributed by atoms with Crippen molar-refractivity contribution in [3.63, 3.8) is 0 Å². The Balaban J connectivity index is 0.842. The predicted molar refractivity (Wildman–Crippen MR) is 373 cm³/mol. The number of unbranched alkanes of at least 4 members (excludes halogenated alkanes) is 1. The standard InChI is InChI=1S/C69H108F5N11O29/c1-44(86)75-62-66(96)65(95)52(113-68(62)97)40-107-14-7-47-38-85(82-79-47)12-19-102-24-27-105-30-33-110-43-69(76-53(89)8-15-98-20-21-99-16-9-54(90)114-67-60(73)58(71)57(70)59(72)61(67)74,41-108-31-28-103-25-22-100-17-10-83-36-45(77-80-83)4-2-3-5-50-63(93)48(87)34-55(91)111-50)42-109-32-29-104-26-23-101-18-11-84-37-46(78-81-84)6-13-106-39-51-64(94)49(88)35-56(92)112-51/h36-38,48-52,55-56,62-66,68,87-88,91-97H,2-35,39-43H2,1H3,(H,75,86)(H,76,89)/t48-,49-,50-,51-,52-,55-,56-,62-,63-,64-,65+,66-,68-,69?/m1/s1. The lowest BCUT2D eigenvalue weighted by Gasteiger charge is -2.40. The summed E-state index contributed by atoms with van der Waals surface area (Å²) in [4.78, 5) is 37.4. The zero-order chi connectivity index (χ0) is 82.0. The van der Waals surface area contributed by atoms with Crippen molar-refractivity contribution in [2.24, 2.45) is 0 Å². The van der Waals surface area contributed by atoms with E-state index in [-0.39, 0.29) is 178 Å². The van der Waals surface area contributed by atoms with E-state index in [1.807, 2.05) is 6.20 Å². The van der Waals surface area contributed by atoms with Crippen LogP contribution in [0, 0.1) is 29.1 Å². The summed E-state index contributed by atoms with van der Waals surface area (Å²) in [7, 11) is 0. The van der Waals surface area contributed by atoms with E-state index in [4.69, 9.17) is 75.8 Å². The molecule has 3 aliphatic rings. The number of ether oxygens (including phenoxy) is 17. The van der Waals surface area contributed by atoms with Crippen LogP contribution in [0.15, 0.2) is 18.6 Å². The Morgan fingerprint density at radius 1 is 0.447 bits per heavy atom. The number of aromatic nitrogens is 9. The van der Waals surface area contributed by atoms with Gasteiger partial charge < -0.3 is 137 Å². The van der Waals surface area contributed by atoms with Crippen LogP contribution >= 0.6 is 0 Å². The lowest BCUT2D eigenvalue weighted by molar-refractivity contribution is -0.256. The first kappa shape index (κ1) is 94.8. The largest absolute Gasteiger partial charge is 0.420 e. The van der Waals surface area contributed by atoms with E-state index in [1.165, 1.54) is 6.92 Å². The highest BCUT2D eigenvalue weighted by atomic mass is 19.2. The lowest BCUT2D eigenvalue weighted by atomic mass is 9.97. The third-order valence-corrected chi connectivity index (χ3v) is 17.5. The first-order valence-electron chi connectivity index (χ1n) is 37.6. The Kier molecular flexibility index (Phi) is 43.7. The van der Waals surface area contributed by atoms with Crippen LogP contribution in [0.25, 0.3) is 0 Å². The minimum Gasteiger partial charge on any atom is -0.420 e. The Morgan fingerprint density at radius 3 is 1.29 bits per heavy atom. The molecule has 4 aromatic rings. The van der Waals surface area contributed by atoms with Crippen molar-refractivity contribution < 1.29 is 163 Å². The summed E-state index contributed by atoms with van der Waals surface area (Å²) in [6.45, 7) is 3.83. The molecule has 40 nitrogen and oxygen atoms in total. The van der Waals surface area contributed by atoms with Gasteiger partial charge in [0.05, 0.1) is 233 Å². The fourth-order valence-electron chi connectivity index (χ4n) is 11.5. The molecule has 14 atom stereocenters. The Hall–Kier alpha value is -6.30. The van der Waals surface area contributed by atoms with Gasteiger partial charge in [0.1, 0.15) is 48.2 Å². The molecule has 0 spiro atoms. The predicted octanol–water partition coefficient (Wildman–Crippen LogP) is -3.59. The molecule has 3 fully saturated rings. The van der Waals surface area contributed by atoms with E-state index in [9.17, 15) is 82.3 Å². The highest BCUT2D eigenvalue weighted by molar-refractivity contribution is 5.77. The number of carbonyl (C=O) groups excluding carboxylic acids is 3. The molecular weight excluding hydrogens is 1540 g/mol. The highest BCUT2D eigenvalue weighted by Crippen LogP contribution is 2.30. The van der Waals surface area contributed by atoms with E-state index >= 15 is 0 Å². The van der Waals surface area contributed by atoms with Gasteiger partial charge in [0, 0.05) is 57.6 Å². The highest BCUT2D eigenvalue weighted by Gasteiger charge is 2.45. The second-order valence-corrected chi connectivity index (χ2v) is 26.7. The number of rotatable bonds is 60. The second kappa shape index (κ2) is 52.5. The summed E-state index contributed by atoms with van der Waals surface area (Å²) in [6.07, 6.45) is -6.38. The van der Waals surface area contributed by atoms with Gasteiger partial charge in [-0.1, -0.05) is 22.1 Å². The van der Waals surface area contributed by atoms with E-state index in [0.29, 0.717) is 69.7 Å². The van der Waals surface area contributed by atoms with Gasteiger partial charge in [-0.2, -0.15) is 8.78 Å². The molecule has 3 aliphatic heterocycles. The molecule has 114 heavy (non-hydrogen) atoms. The average Bonchev–Trinajstić information content (AvgIpc) is 0.937. The van der Waals surface area contributed by atoms with Crippen molar-refractivity contribution in [2.75, 3.05) is 172 Å². The molecule has 1 unspecified atom stereocenters. The van der Waals surface area contributed by atoms with Crippen LogP contribution in [0.1, 0.15) is 69.0 Å². The Bertz CT molecular complexity index is 3240. The number of hydrogen-bond acceptors (Lipinski definition) is 35. The zero-order valence-corrected chi connectivity index (χ0v) is 63.4. The lowest BCUT2D eigenvalue weighted by Crippen LogP contribution is -2.64. The number of aryl methyl sites for hydroxylation is 1. The van der Waals surface area contributed by atoms with Crippen molar-refractivity contribution in [1.82, 2.24) is 55.6 Å². The molecule has 2 amide bonds. The van der Waals surface area contributed by atoms with Gasteiger partial charge in [-0.25, -0.2) is 27.2 Å². The monoisotopic (exact) mass is 1650 g/mol. The van der Waals surface area contributed by atoms with Crippen LogP contribution in [0.2, 0.25) is 0 Å². The normalized spacial score (nSPS) is 23.1. The average molecular weight is 1650 g/mol. The summed E-state index contributed by atoms with van der Waals surface area (Å²) in [6, 6.07) is -1.21. The van der Waals surface area contributed by atoms with Crippen molar-refractivity contribution in [1.29, 1.82) is 0 Å². The number of hydrogen-bond donors (Lipinski definition) is 11. The van der Waals surface area contributed by atoms with Gasteiger partial charge in [0.25, 0.3) is 0 Å². The quantitative estimate of drug-likeness (QED) is 0.00508. The number of halogens is 5. The van der Waals surface area contributed by atoms with Gasteiger partial charge >= 0.3 is 5.97 Å². The summed E-state index contributed by atoms with van der Waals surface area (Å²) in [5.41, 5.74) is 0.650. The minimum absolute atomic E-state index is 0.0431. The van der Waals surface area contributed by atoms with Crippen molar-refractivity contribution >= 4 is 17.8 Å². The maximum atomic E-state index is 14.0. The maximum Gasteiger partial charge on any atom is 0.313 e. The molecule has 1 aromatic carbocycles. The van der Waals surface area contributed by atoms with Crippen LogP contribution in [0.4, 0.5) is 22.0 Å². The van der Waals surface area contributed by atoms with Crippen molar-refractivity contribution in [3.05, 3.63) is 64.8 Å². The summed E-state index contributed by atoms with van der Waals surface area (Å²) in [5, 5.41) is 121. The molecule has 6 heterocycles. The number of esters is 1. The smallest absolute Gasteiger partial charge is 0.313 e. The molecule has 0 radical (unpaired) electrons. The van der Waals surface area contributed by atoms with Gasteiger partial charge in [-0.05, 0) is 19.3 Å². The van der Waals surface area contributed by atoms with Gasteiger partial charge in [-0.15, -0.1) is 15.3 Å². The third kappa shape index (κ3) is 34.3. The van der Waals surface area contributed by atoms with Crippen LogP contribution in [0.5, 0.6) is 5.75 Å². The third-order valence-electron chi connectivity index (χ3n) is 17.5. The maximum absolute atomic E-state index is 14.0. The fourth-order valence-corrected chi connectivity index (χ4v) is 11.5. The molecule has 3 saturated heterocycles. The first-order valence-corrected chi connectivity index (χ1v) is 37.6. The van der Waals surface area contributed by atoms with E-state index < -0.39 is 151 Å². The van der Waals surface area contributed by atoms with Crippen LogP contribution in [0.3, 0.4) is 0 Å². The van der Waals surface area contributed by atoms with E-state index in [2.05, 4.69) is 46.3 Å². The number of amides is 2. The molecule has 45 heteroatoms. The molecule has 7 rings (SSSR count). The van der Waals surface area contributed by atoms with Gasteiger partial charge in [-0.3, -0.25) is 14.4 Å². The minimum atomic E-state index is -2.42. The summed E-state index contributed by atoms with van der Waals surface area (Å²) in [5.74, 6) is -15.8. The summed E-state index contributed by atoms with van der Waals surface area (Å²) >= 11 is 0. The molecule has 11 N–H and O–H groups in total. The van der Waals surface area contributed by atoms with Crippen molar-refractivity contribution in [3.8, 4) is 5.75 Å². The second-order valence-electron chi connectivity index (χ2n) is 26.7.